The van der Waals surface area contributed by atoms with Gasteiger partial charge in [0.2, 0.25) is 0 Å². The van der Waals surface area contributed by atoms with Crippen molar-refractivity contribution in [3.8, 4) is 0 Å². The Morgan fingerprint density at radius 1 is 1.58 bits per heavy atom. The molecular formula is C13H18N4O2. The van der Waals surface area contributed by atoms with Gasteiger partial charge in [-0.3, -0.25) is 4.90 Å². The standard InChI is InChI=1S/C13H18N4O2/c1-16(14)10-5-3-4-8-9-6-7-17(13(18)19-2)12(9)15-11(8)10/h3-5,9,12,15H,6-7,14H2,1-2H3/t9-,12?/m1/s1. The molecule has 3 rings (SSSR count). The van der Waals surface area contributed by atoms with E-state index in [-0.39, 0.29) is 12.3 Å². The minimum Gasteiger partial charge on any atom is -0.453 e. The van der Waals surface area contributed by atoms with Crippen LogP contribution in [0.1, 0.15) is 17.9 Å². The molecule has 1 unspecified atom stereocenters. The molecule has 2 atom stereocenters. The number of nitrogens with one attached hydrogen (secondary N) is 1. The molecule has 2 aliphatic rings. The molecule has 1 fully saturated rings. The molecule has 6 heteroatoms. The first-order valence-corrected chi connectivity index (χ1v) is 6.36. The molecule has 1 saturated heterocycles. The van der Waals surface area contributed by atoms with Crippen LogP contribution >= 0.6 is 0 Å². The van der Waals surface area contributed by atoms with Crippen molar-refractivity contribution in [3.63, 3.8) is 0 Å². The van der Waals surface area contributed by atoms with Gasteiger partial charge in [-0.1, -0.05) is 12.1 Å². The van der Waals surface area contributed by atoms with Crippen molar-refractivity contribution >= 4 is 17.5 Å². The summed E-state index contributed by atoms with van der Waals surface area (Å²) in [5, 5.41) is 5.01. The summed E-state index contributed by atoms with van der Waals surface area (Å²) < 4.78 is 4.83. The van der Waals surface area contributed by atoms with Crippen LogP contribution in [0.15, 0.2) is 18.2 Å². The topological polar surface area (TPSA) is 70.8 Å². The summed E-state index contributed by atoms with van der Waals surface area (Å²) in [5.74, 6) is 6.16. The number of carbonyl (C=O) groups excluding carboxylic acids is 1. The zero-order valence-electron chi connectivity index (χ0n) is 11.1. The van der Waals surface area contributed by atoms with Crippen molar-refractivity contribution in [3.05, 3.63) is 23.8 Å². The molecule has 1 aromatic rings. The molecule has 0 aromatic heterocycles. The van der Waals surface area contributed by atoms with Gasteiger partial charge in [-0.2, -0.15) is 0 Å². The number of hydrogen-bond donors (Lipinski definition) is 2. The number of nitrogens with two attached hydrogens (primary N) is 1. The van der Waals surface area contributed by atoms with Gasteiger partial charge in [0.1, 0.15) is 6.17 Å². The van der Waals surface area contributed by atoms with Crippen molar-refractivity contribution in [2.75, 3.05) is 31.0 Å². The maximum atomic E-state index is 11.8. The van der Waals surface area contributed by atoms with E-state index in [1.54, 1.807) is 9.91 Å². The fraction of sp³-hybridized carbons (Fsp3) is 0.462. The van der Waals surface area contributed by atoms with Crippen LogP contribution in [0.5, 0.6) is 0 Å². The van der Waals surface area contributed by atoms with Gasteiger partial charge >= 0.3 is 6.09 Å². The lowest BCUT2D eigenvalue weighted by Gasteiger charge is -2.24. The number of carbonyl (C=O) groups is 1. The van der Waals surface area contributed by atoms with E-state index >= 15 is 0 Å². The number of methoxy groups -OCH3 is 1. The normalized spacial score (nSPS) is 23.6. The van der Waals surface area contributed by atoms with Gasteiger partial charge in [0.25, 0.3) is 0 Å². The minimum absolute atomic E-state index is 0.0245. The number of amides is 1. The Balaban J connectivity index is 1.96. The van der Waals surface area contributed by atoms with Gasteiger partial charge in [0.05, 0.1) is 18.5 Å². The summed E-state index contributed by atoms with van der Waals surface area (Å²) in [6, 6.07) is 6.07. The van der Waals surface area contributed by atoms with E-state index in [9.17, 15) is 4.79 Å². The first-order valence-electron chi connectivity index (χ1n) is 6.36. The highest BCUT2D eigenvalue weighted by Gasteiger charge is 2.44. The molecule has 0 spiro atoms. The van der Waals surface area contributed by atoms with Crippen LogP contribution < -0.4 is 16.2 Å². The van der Waals surface area contributed by atoms with Crippen molar-refractivity contribution in [2.24, 2.45) is 5.84 Å². The smallest absolute Gasteiger partial charge is 0.411 e. The zero-order chi connectivity index (χ0) is 13.6. The molecular weight excluding hydrogens is 244 g/mol. The molecule has 0 saturated carbocycles. The molecule has 19 heavy (non-hydrogen) atoms. The van der Waals surface area contributed by atoms with Crippen LogP contribution in [0.2, 0.25) is 0 Å². The van der Waals surface area contributed by atoms with E-state index in [0.29, 0.717) is 5.92 Å². The average molecular weight is 262 g/mol. The molecule has 1 amide bonds. The highest BCUT2D eigenvalue weighted by Crippen LogP contribution is 2.46. The molecule has 2 aliphatic heterocycles. The van der Waals surface area contributed by atoms with Gasteiger partial charge in [-0.05, 0) is 18.1 Å². The van der Waals surface area contributed by atoms with Crippen molar-refractivity contribution in [1.82, 2.24) is 4.90 Å². The summed E-state index contributed by atoms with van der Waals surface area (Å²) in [6.07, 6.45) is 0.635. The summed E-state index contributed by atoms with van der Waals surface area (Å²) in [7, 11) is 3.22. The second-order valence-electron chi connectivity index (χ2n) is 5.00. The minimum atomic E-state index is -0.282. The Labute approximate surface area is 112 Å². The fourth-order valence-electron chi connectivity index (χ4n) is 3.08. The predicted octanol–water partition coefficient (Wildman–Crippen LogP) is 1.30. The van der Waals surface area contributed by atoms with E-state index in [2.05, 4.69) is 11.4 Å². The van der Waals surface area contributed by atoms with Crippen LogP contribution in [-0.2, 0) is 4.74 Å². The number of para-hydroxylation sites is 1. The van der Waals surface area contributed by atoms with Gasteiger partial charge in [0, 0.05) is 19.5 Å². The number of benzene rings is 1. The van der Waals surface area contributed by atoms with E-state index in [0.717, 1.165) is 24.3 Å². The SMILES string of the molecule is COC(=O)N1CC[C@@H]2c3cccc(N(C)N)c3NC21. The summed E-state index contributed by atoms with van der Waals surface area (Å²) >= 11 is 0. The molecule has 0 bridgehead atoms. The third-order valence-corrected chi connectivity index (χ3v) is 3.95. The summed E-state index contributed by atoms with van der Waals surface area (Å²) in [4.78, 5) is 13.5. The number of hydrogen-bond acceptors (Lipinski definition) is 5. The van der Waals surface area contributed by atoms with Crippen molar-refractivity contribution in [1.29, 1.82) is 0 Å². The van der Waals surface area contributed by atoms with Crippen molar-refractivity contribution < 1.29 is 9.53 Å². The predicted molar refractivity (Wildman–Crippen MR) is 72.9 cm³/mol. The third kappa shape index (κ3) is 1.71. The van der Waals surface area contributed by atoms with Crippen molar-refractivity contribution in [2.45, 2.75) is 18.5 Å². The lowest BCUT2D eigenvalue weighted by atomic mass is 9.98. The number of likely N-dealkylation sites (tertiary alicyclic amines) is 1. The Kier molecular flexibility index (Phi) is 2.74. The lowest BCUT2D eigenvalue weighted by molar-refractivity contribution is 0.122. The average Bonchev–Trinajstić information content (AvgIpc) is 2.95. The molecule has 0 radical (unpaired) electrons. The van der Waals surface area contributed by atoms with E-state index in [1.807, 2.05) is 19.2 Å². The number of ether oxygens (including phenoxy) is 1. The Morgan fingerprint density at radius 3 is 3.05 bits per heavy atom. The lowest BCUT2D eigenvalue weighted by Crippen LogP contribution is -2.40. The number of fused-ring (bicyclic) bond motifs is 3. The van der Waals surface area contributed by atoms with E-state index in [1.165, 1.54) is 12.7 Å². The van der Waals surface area contributed by atoms with Crippen LogP contribution in [0.3, 0.4) is 0 Å². The van der Waals surface area contributed by atoms with Gasteiger partial charge in [0.15, 0.2) is 0 Å². The maximum absolute atomic E-state index is 11.8. The number of anilines is 2. The summed E-state index contributed by atoms with van der Waals surface area (Å²) in [5.41, 5.74) is 3.19. The zero-order valence-corrected chi connectivity index (χ0v) is 11.1. The van der Waals surface area contributed by atoms with Crippen LogP contribution in [-0.4, -0.2) is 37.9 Å². The second-order valence-corrected chi connectivity index (χ2v) is 5.00. The summed E-state index contributed by atoms with van der Waals surface area (Å²) in [6.45, 7) is 0.719. The number of nitrogens with zero attached hydrogens (tertiary/aromatic N) is 2. The maximum Gasteiger partial charge on any atom is 0.411 e. The van der Waals surface area contributed by atoms with Gasteiger partial charge in [-0.25, -0.2) is 10.6 Å². The number of hydrazine groups is 1. The number of rotatable bonds is 1. The molecule has 3 N–H and O–H groups in total. The Morgan fingerprint density at radius 2 is 2.37 bits per heavy atom. The molecule has 102 valence electrons. The fourth-order valence-corrected chi connectivity index (χ4v) is 3.08. The molecule has 0 aliphatic carbocycles. The first-order chi connectivity index (χ1) is 9.13. The third-order valence-electron chi connectivity index (χ3n) is 3.95. The van der Waals surface area contributed by atoms with Gasteiger partial charge in [-0.15, -0.1) is 0 Å². The first kappa shape index (κ1) is 12.1. The largest absolute Gasteiger partial charge is 0.453 e. The van der Waals surface area contributed by atoms with Gasteiger partial charge < -0.3 is 15.1 Å². The Hall–Kier alpha value is -1.95. The second kappa shape index (κ2) is 4.31. The van der Waals surface area contributed by atoms with E-state index < -0.39 is 0 Å². The molecule has 2 heterocycles. The monoisotopic (exact) mass is 262 g/mol. The van der Waals surface area contributed by atoms with Crippen LogP contribution in [0, 0.1) is 0 Å². The molecule has 6 nitrogen and oxygen atoms in total. The highest BCUT2D eigenvalue weighted by atomic mass is 16.5. The Bertz CT molecular complexity index is 517. The van der Waals surface area contributed by atoms with Crippen LogP contribution in [0.25, 0.3) is 0 Å². The quantitative estimate of drug-likeness (QED) is 0.589. The van der Waals surface area contributed by atoms with E-state index in [4.69, 9.17) is 10.6 Å². The molecule has 1 aromatic carbocycles. The highest BCUT2D eigenvalue weighted by molar-refractivity contribution is 5.79. The van der Waals surface area contributed by atoms with Crippen LogP contribution in [0.4, 0.5) is 16.2 Å².